The van der Waals surface area contributed by atoms with Crippen LogP contribution < -0.4 is 0 Å². The van der Waals surface area contributed by atoms with Gasteiger partial charge in [0.2, 0.25) is 0 Å². The molecule has 156 valence electrons. The van der Waals surface area contributed by atoms with Crippen LogP contribution in [0.25, 0.3) is 0 Å². The third-order valence-electron chi connectivity index (χ3n) is 7.45. The number of aryl methyl sites for hydroxylation is 2. The van der Waals surface area contributed by atoms with Crippen molar-refractivity contribution in [2.24, 2.45) is 17.8 Å². The highest BCUT2D eigenvalue weighted by Gasteiger charge is 2.28. The Hall–Kier alpha value is -1.11. The van der Waals surface area contributed by atoms with Gasteiger partial charge in [0.25, 0.3) is 0 Å². The minimum Gasteiger partial charge on any atom is -0.207 e. The third kappa shape index (κ3) is 6.19. The molecule has 0 radical (unpaired) electrons. The number of unbranched alkanes of at least 4 members (excludes halogenated alkanes) is 1. The first-order valence-corrected chi connectivity index (χ1v) is 12.1. The van der Waals surface area contributed by atoms with Crippen molar-refractivity contribution in [3.8, 4) is 0 Å². The van der Waals surface area contributed by atoms with Crippen LogP contribution in [0.2, 0.25) is 0 Å². The van der Waals surface area contributed by atoms with Crippen LogP contribution >= 0.6 is 0 Å². The number of allylic oxidation sites excluding steroid dienone is 2. The van der Waals surface area contributed by atoms with Gasteiger partial charge in [0.15, 0.2) is 0 Å². The summed E-state index contributed by atoms with van der Waals surface area (Å²) in [6.07, 6.45) is 20.4. The molecule has 0 N–H and O–H groups in total. The molecule has 0 bridgehead atoms. The Morgan fingerprint density at radius 2 is 1.71 bits per heavy atom. The molecular weight excluding hydrogens is 343 g/mol. The largest absolute Gasteiger partial charge is 0.207 e. The van der Waals surface area contributed by atoms with Crippen molar-refractivity contribution in [3.63, 3.8) is 0 Å². The molecule has 0 amide bonds. The van der Waals surface area contributed by atoms with Crippen LogP contribution in [-0.2, 0) is 12.8 Å². The molecule has 1 aromatic carbocycles. The van der Waals surface area contributed by atoms with Crippen molar-refractivity contribution in [3.05, 3.63) is 46.8 Å². The molecule has 0 nitrogen and oxygen atoms in total. The number of rotatable bonds is 9. The molecule has 1 aromatic rings. The summed E-state index contributed by atoms with van der Waals surface area (Å²) >= 11 is 0. The predicted molar refractivity (Wildman–Crippen MR) is 119 cm³/mol. The number of hydrogen-bond acceptors (Lipinski definition) is 0. The summed E-state index contributed by atoms with van der Waals surface area (Å²) in [4.78, 5) is 0. The summed E-state index contributed by atoms with van der Waals surface area (Å²) in [7, 11) is 0. The van der Waals surface area contributed by atoms with Gasteiger partial charge in [-0.05, 0) is 92.7 Å². The van der Waals surface area contributed by atoms with E-state index in [4.69, 9.17) is 0 Å². The topological polar surface area (TPSA) is 0 Å². The zero-order valence-electron chi connectivity index (χ0n) is 18.3. The molecule has 1 heteroatoms. The van der Waals surface area contributed by atoms with E-state index in [0.29, 0.717) is 0 Å². The van der Waals surface area contributed by atoms with E-state index in [1.807, 2.05) is 6.07 Å². The standard InChI is InChI=1S/C27H41F/c1-3-5-7-26-19-14-23(20-27(26)28)9-8-22-12-17-25(18-13-22)24-15-10-21(6-4-2)11-16-24/h12,14,19-21,24-25H,3-11,13,15-18H2,1-2H3. The highest BCUT2D eigenvalue weighted by Crippen LogP contribution is 2.41. The number of benzene rings is 1. The first-order valence-electron chi connectivity index (χ1n) is 12.1. The van der Waals surface area contributed by atoms with Crippen LogP contribution in [0.3, 0.4) is 0 Å². The van der Waals surface area contributed by atoms with Crippen molar-refractivity contribution in [1.82, 2.24) is 0 Å². The van der Waals surface area contributed by atoms with Gasteiger partial charge in [-0.15, -0.1) is 0 Å². The molecule has 2 aliphatic rings. The lowest BCUT2D eigenvalue weighted by molar-refractivity contribution is 0.186. The van der Waals surface area contributed by atoms with Gasteiger partial charge in [0, 0.05) is 0 Å². The quantitative estimate of drug-likeness (QED) is 0.375. The van der Waals surface area contributed by atoms with Crippen LogP contribution in [0.4, 0.5) is 4.39 Å². The average Bonchev–Trinajstić information content (AvgIpc) is 2.73. The Kier molecular flexibility index (Phi) is 8.62. The molecule has 1 fully saturated rings. The van der Waals surface area contributed by atoms with E-state index in [9.17, 15) is 4.39 Å². The van der Waals surface area contributed by atoms with E-state index in [-0.39, 0.29) is 5.82 Å². The Bertz CT molecular complexity index is 621. The Balaban J connectivity index is 1.43. The molecule has 2 aliphatic carbocycles. The lowest BCUT2D eigenvalue weighted by atomic mass is 9.70. The molecule has 0 aliphatic heterocycles. The van der Waals surface area contributed by atoms with Crippen molar-refractivity contribution >= 4 is 0 Å². The van der Waals surface area contributed by atoms with Crippen molar-refractivity contribution in [1.29, 1.82) is 0 Å². The summed E-state index contributed by atoms with van der Waals surface area (Å²) in [6, 6.07) is 5.95. The normalized spacial score (nSPS) is 25.5. The maximum absolute atomic E-state index is 14.3. The summed E-state index contributed by atoms with van der Waals surface area (Å²) in [5.74, 6) is 2.93. The fourth-order valence-electron chi connectivity index (χ4n) is 5.54. The maximum Gasteiger partial charge on any atom is 0.126 e. The van der Waals surface area contributed by atoms with Gasteiger partial charge in [-0.3, -0.25) is 0 Å². The fraction of sp³-hybridized carbons (Fsp3) is 0.704. The van der Waals surface area contributed by atoms with E-state index in [0.717, 1.165) is 61.0 Å². The highest BCUT2D eigenvalue weighted by molar-refractivity contribution is 5.25. The van der Waals surface area contributed by atoms with Crippen LogP contribution in [0.1, 0.15) is 102 Å². The Morgan fingerprint density at radius 1 is 0.893 bits per heavy atom. The fourth-order valence-corrected chi connectivity index (χ4v) is 5.54. The second-order valence-corrected chi connectivity index (χ2v) is 9.50. The maximum atomic E-state index is 14.3. The van der Waals surface area contributed by atoms with E-state index in [2.05, 4.69) is 26.0 Å². The molecule has 0 heterocycles. The third-order valence-corrected chi connectivity index (χ3v) is 7.45. The second-order valence-electron chi connectivity index (χ2n) is 9.50. The van der Waals surface area contributed by atoms with Crippen molar-refractivity contribution in [2.75, 3.05) is 0 Å². The zero-order chi connectivity index (χ0) is 19.8. The molecule has 1 unspecified atom stereocenters. The van der Waals surface area contributed by atoms with Gasteiger partial charge in [0.1, 0.15) is 5.82 Å². The van der Waals surface area contributed by atoms with Crippen LogP contribution in [0.15, 0.2) is 29.8 Å². The van der Waals surface area contributed by atoms with E-state index < -0.39 is 0 Å². The summed E-state index contributed by atoms with van der Waals surface area (Å²) in [5.41, 5.74) is 3.67. The lowest BCUT2D eigenvalue weighted by Gasteiger charge is -2.35. The van der Waals surface area contributed by atoms with Gasteiger partial charge < -0.3 is 0 Å². The second kappa shape index (κ2) is 11.2. The SMILES string of the molecule is CCCCc1ccc(CCC2=CCC(C3CCC(CCC)CC3)CC2)cc1F. The van der Waals surface area contributed by atoms with Crippen LogP contribution in [-0.4, -0.2) is 0 Å². The number of hydrogen-bond donors (Lipinski definition) is 0. The van der Waals surface area contributed by atoms with Crippen LogP contribution in [0.5, 0.6) is 0 Å². The monoisotopic (exact) mass is 384 g/mol. The molecule has 0 saturated heterocycles. The molecule has 0 aromatic heterocycles. The van der Waals surface area contributed by atoms with Gasteiger partial charge in [-0.2, -0.15) is 0 Å². The molecule has 3 rings (SSSR count). The minimum absolute atomic E-state index is 0.00214. The van der Waals surface area contributed by atoms with Crippen molar-refractivity contribution in [2.45, 2.75) is 104 Å². The van der Waals surface area contributed by atoms with Gasteiger partial charge in [-0.1, -0.05) is 69.7 Å². The number of halogens is 1. The first-order chi connectivity index (χ1) is 13.7. The molecule has 28 heavy (non-hydrogen) atoms. The molecule has 1 saturated carbocycles. The minimum atomic E-state index is 0.00214. The summed E-state index contributed by atoms with van der Waals surface area (Å²) < 4.78 is 14.3. The van der Waals surface area contributed by atoms with Crippen LogP contribution in [0, 0.1) is 23.6 Å². The lowest BCUT2D eigenvalue weighted by Crippen LogP contribution is -2.23. The van der Waals surface area contributed by atoms with Gasteiger partial charge >= 0.3 is 0 Å². The smallest absolute Gasteiger partial charge is 0.126 e. The zero-order valence-corrected chi connectivity index (χ0v) is 18.3. The highest BCUT2D eigenvalue weighted by atomic mass is 19.1. The van der Waals surface area contributed by atoms with E-state index in [1.165, 1.54) is 57.8 Å². The van der Waals surface area contributed by atoms with Crippen molar-refractivity contribution < 1.29 is 4.39 Å². The average molecular weight is 385 g/mol. The summed E-state index contributed by atoms with van der Waals surface area (Å²) in [5, 5.41) is 0. The predicted octanol–water partition coefficient (Wildman–Crippen LogP) is 8.43. The first kappa shape index (κ1) is 21.6. The molecule has 0 spiro atoms. The molecular formula is C27H41F. The van der Waals surface area contributed by atoms with Gasteiger partial charge in [-0.25, -0.2) is 4.39 Å². The Labute approximate surface area is 173 Å². The Morgan fingerprint density at radius 3 is 2.36 bits per heavy atom. The summed E-state index contributed by atoms with van der Waals surface area (Å²) in [6.45, 7) is 4.49. The van der Waals surface area contributed by atoms with E-state index in [1.54, 1.807) is 11.6 Å². The van der Waals surface area contributed by atoms with Gasteiger partial charge in [0.05, 0.1) is 0 Å². The molecule has 1 atom stereocenters. The van der Waals surface area contributed by atoms with E-state index >= 15 is 0 Å².